The Morgan fingerprint density at radius 2 is 2.11 bits per heavy atom. The van der Waals surface area contributed by atoms with Gasteiger partial charge in [-0.05, 0) is 31.2 Å². The lowest BCUT2D eigenvalue weighted by Gasteiger charge is -2.24. The van der Waals surface area contributed by atoms with Crippen molar-refractivity contribution < 1.29 is 9.21 Å². The van der Waals surface area contributed by atoms with E-state index < -0.39 is 5.25 Å². The average Bonchev–Trinajstić information content (AvgIpc) is 3.33. The van der Waals surface area contributed by atoms with E-state index in [1.807, 2.05) is 30.3 Å². The first-order valence-electron chi connectivity index (χ1n) is 8.26. The van der Waals surface area contributed by atoms with Crippen molar-refractivity contribution in [3.05, 3.63) is 48.7 Å². The van der Waals surface area contributed by atoms with Crippen molar-refractivity contribution in [2.24, 2.45) is 0 Å². The third-order valence-corrected chi connectivity index (χ3v) is 4.86. The van der Waals surface area contributed by atoms with E-state index in [9.17, 15) is 4.79 Å². The molecule has 3 aromatic rings. The number of thioether (sulfide) groups is 1. The fraction of sp³-hybridized carbons (Fsp3) is 0.222. The number of rotatable bonds is 7. The Bertz CT molecular complexity index is 933. The molecule has 0 aliphatic carbocycles. The van der Waals surface area contributed by atoms with E-state index in [4.69, 9.17) is 15.5 Å². The Labute approximate surface area is 160 Å². The first-order valence-corrected chi connectivity index (χ1v) is 9.14. The highest BCUT2D eigenvalue weighted by atomic mass is 32.2. The van der Waals surface area contributed by atoms with Crippen LogP contribution in [0.1, 0.15) is 13.3 Å². The summed E-state index contributed by atoms with van der Waals surface area (Å²) in [5.41, 5.74) is 0.746. The lowest BCUT2D eigenvalue weighted by atomic mass is 10.2. The Kier molecular flexibility index (Phi) is 5.78. The number of nitriles is 1. The zero-order chi connectivity index (χ0) is 19.2. The monoisotopic (exact) mass is 382 g/mol. The first kappa shape index (κ1) is 18.5. The van der Waals surface area contributed by atoms with Crippen LogP contribution in [0.25, 0.3) is 11.6 Å². The topological polar surface area (TPSA) is 114 Å². The van der Waals surface area contributed by atoms with Gasteiger partial charge in [-0.15, -0.1) is 10.2 Å². The second kappa shape index (κ2) is 8.42. The van der Waals surface area contributed by atoms with Gasteiger partial charge in [-0.2, -0.15) is 5.26 Å². The average molecular weight is 382 g/mol. The number of carbonyl (C=O) groups excluding carboxylic acids is 1. The van der Waals surface area contributed by atoms with Crippen LogP contribution in [0.2, 0.25) is 0 Å². The molecule has 2 heterocycles. The fourth-order valence-electron chi connectivity index (χ4n) is 2.50. The van der Waals surface area contributed by atoms with Crippen LogP contribution in [0.15, 0.2) is 58.3 Å². The lowest BCUT2D eigenvalue weighted by Crippen LogP contribution is -2.37. The number of carbonyl (C=O) groups is 1. The highest BCUT2D eigenvalue weighted by molar-refractivity contribution is 8.00. The minimum absolute atomic E-state index is 0.135. The second-order valence-corrected chi connectivity index (χ2v) is 6.96. The Morgan fingerprint density at radius 1 is 1.33 bits per heavy atom. The van der Waals surface area contributed by atoms with Gasteiger partial charge in [-0.1, -0.05) is 30.0 Å². The highest BCUT2D eigenvalue weighted by Crippen LogP contribution is 2.27. The molecule has 0 bridgehead atoms. The smallest absolute Gasteiger partial charge is 0.240 e. The summed E-state index contributed by atoms with van der Waals surface area (Å²) in [6.45, 7) is 2.09. The van der Waals surface area contributed by atoms with Crippen molar-refractivity contribution >= 4 is 23.4 Å². The number of para-hydroxylation sites is 1. The standard InChI is InChI=1S/C18H18N6O2S/c1-13(17(25)23(11-6-10-19)14-7-3-2-4-8-14)27-18-22-21-16(24(18)20)15-9-5-12-26-15/h2-5,7-9,12-13H,6,11,20H2,1H3/t13-/m0/s1. The third-order valence-electron chi connectivity index (χ3n) is 3.82. The fourth-order valence-corrected chi connectivity index (χ4v) is 3.33. The summed E-state index contributed by atoms with van der Waals surface area (Å²) < 4.78 is 6.59. The maximum absolute atomic E-state index is 13.0. The Hall–Kier alpha value is -3.25. The van der Waals surface area contributed by atoms with Gasteiger partial charge in [0.15, 0.2) is 5.76 Å². The Balaban J connectivity index is 1.77. The minimum Gasteiger partial charge on any atom is -0.461 e. The maximum Gasteiger partial charge on any atom is 0.240 e. The number of benzene rings is 1. The molecule has 138 valence electrons. The predicted octanol–water partition coefficient (Wildman–Crippen LogP) is 2.68. The zero-order valence-electron chi connectivity index (χ0n) is 14.6. The molecule has 1 aromatic carbocycles. The number of hydrogen-bond acceptors (Lipinski definition) is 7. The third kappa shape index (κ3) is 4.12. The van der Waals surface area contributed by atoms with E-state index >= 15 is 0 Å². The first-order chi connectivity index (χ1) is 13.1. The number of amides is 1. The number of furan rings is 1. The van der Waals surface area contributed by atoms with Crippen molar-refractivity contribution in [1.29, 1.82) is 5.26 Å². The van der Waals surface area contributed by atoms with Crippen molar-refractivity contribution in [2.45, 2.75) is 23.8 Å². The van der Waals surface area contributed by atoms with Crippen molar-refractivity contribution in [3.63, 3.8) is 0 Å². The van der Waals surface area contributed by atoms with Gasteiger partial charge in [0.05, 0.1) is 24.0 Å². The van der Waals surface area contributed by atoms with Crippen LogP contribution in [-0.2, 0) is 4.79 Å². The van der Waals surface area contributed by atoms with Crippen molar-refractivity contribution in [3.8, 4) is 17.7 Å². The Morgan fingerprint density at radius 3 is 2.78 bits per heavy atom. The SMILES string of the molecule is C[C@H](Sc1nnc(-c2ccco2)n1N)C(=O)N(CCC#N)c1ccccc1. The van der Waals surface area contributed by atoms with Gasteiger partial charge in [0, 0.05) is 12.2 Å². The molecule has 0 radical (unpaired) electrons. The van der Waals surface area contributed by atoms with Gasteiger partial charge in [0.25, 0.3) is 0 Å². The molecule has 0 fully saturated rings. The predicted molar refractivity (Wildman–Crippen MR) is 102 cm³/mol. The molecule has 2 N–H and O–H groups in total. The molecule has 0 aliphatic rings. The van der Waals surface area contributed by atoms with Gasteiger partial charge in [0.2, 0.25) is 16.9 Å². The number of hydrogen-bond donors (Lipinski definition) is 1. The molecule has 3 rings (SSSR count). The highest BCUT2D eigenvalue weighted by Gasteiger charge is 2.25. The molecule has 0 unspecified atom stereocenters. The minimum atomic E-state index is -0.472. The van der Waals surface area contributed by atoms with Gasteiger partial charge in [-0.3, -0.25) is 4.79 Å². The van der Waals surface area contributed by atoms with Gasteiger partial charge in [-0.25, -0.2) is 4.68 Å². The van der Waals surface area contributed by atoms with E-state index in [-0.39, 0.29) is 12.3 Å². The molecular formula is C18H18N6O2S. The summed E-state index contributed by atoms with van der Waals surface area (Å²) >= 11 is 1.20. The van der Waals surface area contributed by atoms with E-state index in [1.54, 1.807) is 24.0 Å². The number of nitrogen functional groups attached to an aromatic ring is 1. The van der Waals surface area contributed by atoms with Gasteiger partial charge >= 0.3 is 0 Å². The molecule has 0 spiro atoms. The molecule has 1 amide bonds. The van der Waals surface area contributed by atoms with Crippen LogP contribution in [0.4, 0.5) is 5.69 Å². The van der Waals surface area contributed by atoms with E-state index in [0.717, 1.165) is 5.69 Å². The van der Waals surface area contributed by atoms with Crippen molar-refractivity contribution in [1.82, 2.24) is 14.9 Å². The summed E-state index contributed by atoms with van der Waals surface area (Å²) in [4.78, 5) is 14.6. The second-order valence-electron chi connectivity index (χ2n) is 5.65. The van der Waals surface area contributed by atoms with E-state index in [2.05, 4.69) is 16.3 Å². The largest absolute Gasteiger partial charge is 0.461 e. The maximum atomic E-state index is 13.0. The van der Waals surface area contributed by atoms with E-state index in [0.29, 0.717) is 23.3 Å². The summed E-state index contributed by atoms with van der Waals surface area (Å²) in [5.74, 6) is 6.80. The summed E-state index contributed by atoms with van der Waals surface area (Å²) in [5, 5.41) is 16.9. The number of anilines is 1. The molecule has 9 heteroatoms. The number of nitrogens with zero attached hydrogens (tertiary/aromatic N) is 5. The van der Waals surface area contributed by atoms with Crippen LogP contribution in [0.3, 0.4) is 0 Å². The van der Waals surface area contributed by atoms with Crippen LogP contribution < -0.4 is 10.7 Å². The summed E-state index contributed by atoms with van der Waals surface area (Å²) in [6.07, 6.45) is 1.77. The van der Waals surface area contributed by atoms with E-state index in [1.165, 1.54) is 22.7 Å². The summed E-state index contributed by atoms with van der Waals surface area (Å²) in [6, 6.07) is 14.8. The molecule has 2 aromatic heterocycles. The lowest BCUT2D eigenvalue weighted by molar-refractivity contribution is -0.117. The van der Waals surface area contributed by atoms with Crippen LogP contribution in [0, 0.1) is 11.3 Å². The zero-order valence-corrected chi connectivity index (χ0v) is 15.5. The quantitative estimate of drug-likeness (QED) is 0.493. The molecular weight excluding hydrogens is 364 g/mol. The molecule has 0 saturated carbocycles. The number of nitrogens with two attached hydrogens (primary N) is 1. The van der Waals surface area contributed by atoms with Crippen LogP contribution in [-0.4, -0.2) is 32.6 Å². The molecule has 1 atom stereocenters. The molecule has 8 nitrogen and oxygen atoms in total. The summed E-state index contributed by atoms with van der Waals surface area (Å²) in [7, 11) is 0. The van der Waals surface area contributed by atoms with Crippen LogP contribution in [0.5, 0.6) is 0 Å². The van der Waals surface area contributed by atoms with Gasteiger partial charge in [0.1, 0.15) is 0 Å². The van der Waals surface area contributed by atoms with Crippen LogP contribution >= 0.6 is 11.8 Å². The molecule has 0 aliphatic heterocycles. The van der Waals surface area contributed by atoms with Crippen molar-refractivity contribution in [2.75, 3.05) is 17.3 Å². The van der Waals surface area contributed by atoms with Gasteiger partial charge < -0.3 is 15.2 Å². The number of aromatic nitrogens is 3. The normalized spacial score (nSPS) is 11.7. The molecule has 27 heavy (non-hydrogen) atoms. The molecule has 0 saturated heterocycles.